The summed E-state index contributed by atoms with van der Waals surface area (Å²) in [6.07, 6.45) is 4.78. The van der Waals surface area contributed by atoms with Gasteiger partial charge in [-0.2, -0.15) is 0 Å². The zero-order chi connectivity index (χ0) is 13.0. The zero-order valence-electron chi connectivity index (χ0n) is 9.70. The average Bonchev–Trinajstić information content (AvgIpc) is 2.38. The molecule has 2 aromatic heterocycles. The van der Waals surface area contributed by atoms with E-state index in [2.05, 4.69) is 20.3 Å². The summed E-state index contributed by atoms with van der Waals surface area (Å²) in [5.74, 6) is -0.171. The van der Waals surface area contributed by atoms with Gasteiger partial charge in [0.15, 0.2) is 6.20 Å². The SMILES string of the molecule is Cc1cnc(CNc2ccc([N+](=O)[O-])nc2)cn1. The second-order valence-electron chi connectivity index (χ2n) is 3.66. The molecule has 0 aliphatic rings. The van der Waals surface area contributed by atoms with Crippen molar-refractivity contribution in [1.29, 1.82) is 0 Å². The van der Waals surface area contributed by atoms with Gasteiger partial charge in [0.2, 0.25) is 0 Å². The van der Waals surface area contributed by atoms with E-state index in [1.165, 1.54) is 12.3 Å². The Hall–Kier alpha value is -2.57. The van der Waals surface area contributed by atoms with Crippen molar-refractivity contribution in [1.82, 2.24) is 15.0 Å². The van der Waals surface area contributed by atoms with Gasteiger partial charge in [0.25, 0.3) is 0 Å². The molecule has 0 fully saturated rings. The van der Waals surface area contributed by atoms with Gasteiger partial charge in [0.1, 0.15) is 0 Å². The first kappa shape index (κ1) is 11.9. The molecule has 0 aliphatic carbocycles. The van der Waals surface area contributed by atoms with E-state index in [-0.39, 0.29) is 5.82 Å². The molecule has 18 heavy (non-hydrogen) atoms. The number of nitrogens with one attached hydrogen (secondary N) is 1. The van der Waals surface area contributed by atoms with Crippen molar-refractivity contribution >= 4 is 11.5 Å². The van der Waals surface area contributed by atoms with Crippen molar-refractivity contribution in [3.8, 4) is 0 Å². The molecule has 0 unspecified atom stereocenters. The maximum atomic E-state index is 10.4. The van der Waals surface area contributed by atoms with Crippen molar-refractivity contribution < 1.29 is 4.92 Å². The third kappa shape index (κ3) is 2.97. The highest BCUT2D eigenvalue weighted by molar-refractivity contribution is 5.43. The van der Waals surface area contributed by atoms with Crippen LogP contribution in [0.25, 0.3) is 0 Å². The minimum atomic E-state index is -0.533. The van der Waals surface area contributed by atoms with E-state index >= 15 is 0 Å². The van der Waals surface area contributed by atoms with Gasteiger partial charge < -0.3 is 15.4 Å². The lowest BCUT2D eigenvalue weighted by Crippen LogP contribution is -2.03. The molecule has 0 aromatic carbocycles. The summed E-state index contributed by atoms with van der Waals surface area (Å²) < 4.78 is 0. The fourth-order valence-corrected chi connectivity index (χ4v) is 1.30. The molecule has 0 amide bonds. The molecule has 0 spiro atoms. The summed E-state index contributed by atoms with van der Waals surface area (Å²) in [6, 6.07) is 2.95. The lowest BCUT2D eigenvalue weighted by Gasteiger charge is -2.03. The molecule has 0 radical (unpaired) electrons. The molecular weight excluding hydrogens is 234 g/mol. The Kier molecular flexibility index (Phi) is 3.42. The number of rotatable bonds is 4. The monoisotopic (exact) mass is 245 g/mol. The normalized spacial score (nSPS) is 10.1. The molecule has 2 heterocycles. The Morgan fingerprint density at radius 2 is 2.06 bits per heavy atom. The quantitative estimate of drug-likeness (QED) is 0.650. The summed E-state index contributed by atoms with van der Waals surface area (Å²) in [5.41, 5.74) is 2.35. The van der Waals surface area contributed by atoms with Crippen LogP contribution in [0.2, 0.25) is 0 Å². The van der Waals surface area contributed by atoms with Crippen LogP contribution < -0.4 is 5.32 Å². The summed E-state index contributed by atoms with van der Waals surface area (Å²) >= 11 is 0. The minimum Gasteiger partial charge on any atom is -0.376 e. The van der Waals surface area contributed by atoms with Gasteiger partial charge in [0, 0.05) is 12.3 Å². The molecule has 0 saturated heterocycles. The number of nitrogens with zero attached hydrogens (tertiary/aromatic N) is 4. The van der Waals surface area contributed by atoms with Crippen molar-refractivity contribution in [3.05, 3.63) is 52.2 Å². The van der Waals surface area contributed by atoms with Crippen LogP contribution in [-0.4, -0.2) is 19.9 Å². The van der Waals surface area contributed by atoms with Crippen LogP contribution >= 0.6 is 0 Å². The summed E-state index contributed by atoms with van der Waals surface area (Å²) in [5, 5.41) is 13.5. The highest BCUT2D eigenvalue weighted by Gasteiger charge is 2.05. The first-order valence-corrected chi connectivity index (χ1v) is 5.27. The molecule has 2 aromatic rings. The number of nitro groups is 1. The maximum absolute atomic E-state index is 10.4. The van der Waals surface area contributed by atoms with E-state index < -0.39 is 4.92 Å². The van der Waals surface area contributed by atoms with Gasteiger partial charge >= 0.3 is 5.82 Å². The van der Waals surface area contributed by atoms with Gasteiger partial charge in [-0.15, -0.1) is 0 Å². The first-order chi connectivity index (χ1) is 8.65. The predicted octanol–water partition coefficient (Wildman–Crippen LogP) is 1.70. The number of hydrogen-bond donors (Lipinski definition) is 1. The van der Waals surface area contributed by atoms with Crippen molar-refractivity contribution in [3.63, 3.8) is 0 Å². The highest BCUT2D eigenvalue weighted by Crippen LogP contribution is 2.11. The summed E-state index contributed by atoms with van der Waals surface area (Å²) in [7, 11) is 0. The molecule has 0 atom stereocenters. The number of pyridine rings is 1. The lowest BCUT2D eigenvalue weighted by molar-refractivity contribution is -0.389. The van der Waals surface area contributed by atoms with Gasteiger partial charge in [-0.1, -0.05) is 0 Å². The molecular formula is C11H11N5O2. The second-order valence-corrected chi connectivity index (χ2v) is 3.66. The molecule has 2 rings (SSSR count). The van der Waals surface area contributed by atoms with Crippen LogP contribution in [0.15, 0.2) is 30.7 Å². The fourth-order valence-electron chi connectivity index (χ4n) is 1.30. The van der Waals surface area contributed by atoms with E-state index in [9.17, 15) is 10.1 Å². The van der Waals surface area contributed by atoms with Crippen LogP contribution in [0, 0.1) is 17.0 Å². The van der Waals surface area contributed by atoms with Gasteiger partial charge in [-0.3, -0.25) is 9.97 Å². The Labute approximate surface area is 103 Å². The van der Waals surface area contributed by atoms with E-state index in [1.54, 1.807) is 18.5 Å². The molecule has 1 N–H and O–H groups in total. The largest absolute Gasteiger partial charge is 0.376 e. The zero-order valence-corrected chi connectivity index (χ0v) is 9.70. The Morgan fingerprint density at radius 1 is 1.22 bits per heavy atom. The van der Waals surface area contributed by atoms with Crippen molar-refractivity contribution in [2.75, 3.05) is 5.32 Å². The van der Waals surface area contributed by atoms with E-state index in [0.717, 1.165) is 11.4 Å². The molecule has 92 valence electrons. The lowest BCUT2D eigenvalue weighted by atomic mass is 10.3. The van der Waals surface area contributed by atoms with E-state index in [0.29, 0.717) is 12.2 Å². The Bertz CT molecular complexity index is 538. The molecule has 7 heteroatoms. The van der Waals surface area contributed by atoms with Crippen LogP contribution in [0.3, 0.4) is 0 Å². The third-order valence-electron chi connectivity index (χ3n) is 2.24. The van der Waals surface area contributed by atoms with Crippen LogP contribution in [0.5, 0.6) is 0 Å². The molecule has 0 aliphatic heterocycles. The number of aryl methyl sites for hydroxylation is 1. The molecule has 0 saturated carbocycles. The van der Waals surface area contributed by atoms with Crippen molar-refractivity contribution in [2.24, 2.45) is 0 Å². The standard InChI is InChI=1S/C11H11N5O2/c1-8-4-13-10(6-12-8)7-14-9-2-3-11(15-5-9)16(17)18/h2-6,14H,7H2,1H3. The third-order valence-corrected chi connectivity index (χ3v) is 2.24. The van der Waals surface area contributed by atoms with Crippen LogP contribution in [-0.2, 0) is 6.54 Å². The molecule has 0 bridgehead atoms. The minimum absolute atomic E-state index is 0.171. The smallest absolute Gasteiger partial charge is 0.363 e. The summed E-state index contributed by atoms with van der Waals surface area (Å²) in [6.45, 7) is 2.36. The van der Waals surface area contributed by atoms with Gasteiger partial charge in [0.05, 0.1) is 29.8 Å². The van der Waals surface area contributed by atoms with E-state index in [4.69, 9.17) is 0 Å². The maximum Gasteiger partial charge on any atom is 0.363 e. The van der Waals surface area contributed by atoms with Crippen LogP contribution in [0.4, 0.5) is 11.5 Å². The molecule has 7 nitrogen and oxygen atoms in total. The number of aromatic nitrogens is 3. The van der Waals surface area contributed by atoms with Gasteiger partial charge in [-0.25, -0.2) is 0 Å². The topological polar surface area (TPSA) is 93.8 Å². The number of anilines is 1. The highest BCUT2D eigenvalue weighted by atomic mass is 16.6. The van der Waals surface area contributed by atoms with Crippen molar-refractivity contribution in [2.45, 2.75) is 13.5 Å². The summed E-state index contributed by atoms with van der Waals surface area (Å²) in [4.78, 5) is 21.9. The fraction of sp³-hybridized carbons (Fsp3) is 0.182. The second kappa shape index (κ2) is 5.17. The average molecular weight is 245 g/mol. The van der Waals surface area contributed by atoms with E-state index in [1.807, 2.05) is 6.92 Å². The van der Waals surface area contributed by atoms with Crippen LogP contribution in [0.1, 0.15) is 11.4 Å². The predicted molar refractivity (Wildman–Crippen MR) is 65.0 cm³/mol. The number of hydrogen-bond acceptors (Lipinski definition) is 6. The Balaban J connectivity index is 1.97. The van der Waals surface area contributed by atoms with Gasteiger partial charge in [-0.05, 0) is 22.9 Å². The Morgan fingerprint density at radius 3 is 2.61 bits per heavy atom. The first-order valence-electron chi connectivity index (χ1n) is 5.27.